The number of likely N-dealkylation sites (tertiary alicyclic amines) is 1. The van der Waals surface area contributed by atoms with Gasteiger partial charge in [0.25, 0.3) is 5.69 Å². The summed E-state index contributed by atoms with van der Waals surface area (Å²) in [5.74, 6) is 1.45. The highest BCUT2D eigenvalue weighted by Gasteiger charge is 2.30. The molecule has 1 heterocycles. The Morgan fingerprint density at radius 2 is 1.86 bits per heavy atom. The summed E-state index contributed by atoms with van der Waals surface area (Å²) in [4.78, 5) is 12.8. The molecule has 1 radical (unpaired) electrons. The lowest BCUT2D eigenvalue weighted by atomic mass is 9.89. The van der Waals surface area contributed by atoms with E-state index in [-0.39, 0.29) is 16.1 Å². The molecule has 1 aliphatic heterocycles. The molecule has 0 aromatic heterocycles. The van der Waals surface area contributed by atoms with Crippen molar-refractivity contribution in [3.63, 3.8) is 0 Å². The first-order chi connectivity index (χ1) is 9.88. The van der Waals surface area contributed by atoms with Gasteiger partial charge in [-0.1, -0.05) is 13.8 Å². The van der Waals surface area contributed by atoms with E-state index >= 15 is 0 Å². The highest BCUT2D eigenvalue weighted by atomic mass is 16.6. The monoisotopic (exact) mass is 290 g/mol. The van der Waals surface area contributed by atoms with Crippen molar-refractivity contribution < 1.29 is 4.92 Å². The van der Waals surface area contributed by atoms with Gasteiger partial charge in [-0.25, -0.2) is 0 Å². The highest BCUT2D eigenvalue weighted by Crippen LogP contribution is 2.28. The first-order valence-electron chi connectivity index (χ1n) is 7.42. The van der Waals surface area contributed by atoms with Crippen LogP contribution in [0.25, 0.3) is 0 Å². The SMILES string of the molecule is C[C](C)CN1CCC(C)(Nc2ccc([N+](=O)[O-])cc2)CC1. The molecule has 0 unspecified atom stereocenters. The fraction of sp³-hybridized carbons (Fsp3) is 0.562. The zero-order chi connectivity index (χ0) is 15.5. The lowest BCUT2D eigenvalue weighted by molar-refractivity contribution is -0.384. The quantitative estimate of drug-likeness (QED) is 0.666. The van der Waals surface area contributed by atoms with E-state index in [9.17, 15) is 10.1 Å². The van der Waals surface area contributed by atoms with E-state index in [1.165, 1.54) is 5.92 Å². The van der Waals surface area contributed by atoms with Crippen molar-refractivity contribution in [3.05, 3.63) is 40.3 Å². The molecule has 5 heteroatoms. The van der Waals surface area contributed by atoms with Crippen molar-refractivity contribution >= 4 is 11.4 Å². The predicted molar refractivity (Wildman–Crippen MR) is 85.4 cm³/mol. The van der Waals surface area contributed by atoms with Crippen molar-refractivity contribution in [1.29, 1.82) is 0 Å². The summed E-state index contributed by atoms with van der Waals surface area (Å²) in [6.07, 6.45) is 2.16. The summed E-state index contributed by atoms with van der Waals surface area (Å²) in [5.41, 5.74) is 1.15. The van der Waals surface area contributed by atoms with E-state index in [4.69, 9.17) is 0 Å². The third-order valence-corrected chi connectivity index (χ3v) is 4.02. The van der Waals surface area contributed by atoms with Gasteiger partial charge in [0.05, 0.1) is 4.92 Å². The van der Waals surface area contributed by atoms with Gasteiger partial charge < -0.3 is 10.2 Å². The van der Waals surface area contributed by atoms with Gasteiger partial charge in [-0.2, -0.15) is 0 Å². The van der Waals surface area contributed by atoms with Crippen LogP contribution in [0.5, 0.6) is 0 Å². The molecule has 0 amide bonds. The van der Waals surface area contributed by atoms with Gasteiger partial charge in [-0.3, -0.25) is 10.1 Å². The molecule has 1 aromatic rings. The predicted octanol–water partition coefficient (Wildman–Crippen LogP) is 3.48. The molecule has 0 saturated carbocycles. The zero-order valence-electron chi connectivity index (χ0n) is 13.1. The standard InChI is InChI=1S/C16H24N3O2/c1-13(2)12-18-10-8-16(3,9-11-18)17-14-4-6-15(7-5-14)19(20)21/h4-7,17H,8-12H2,1-3H3. The number of hydrogen-bond donors (Lipinski definition) is 1. The molecule has 5 nitrogen and oxygen atoms in total. The van der Waals surface area contributed by atoms with Crippen molar-refractivity contribution in [2.24, 2.45) is 0 Å². The Bertz CT molecular complexity index is 477. The first-order valence-corrected chi connectivity index (χ1v) is 7.42. The van der Waals surface area contributed by atoms with Crippen molar-refractivity contribution in [3.8, 4) is 0 Å². The molecule has 2 rings (SSSR count). The van der Waals surface area contributed by atoms with Crippen LogP contribution in [0.1, 0.15) is 33.6 Å². The molecule has 1 saturated heterocycles. The molecule has 0 atom stereocenters. The molecule has 1 aromatic carbocycles. The summed E-state index contributed by atoms with van der Waals surface area (Å²) in [6.45, 7) is 9.82. The van der Waals surface area contributed by atoms with E-state index < -0.39 is 0 Å². The first kappa shape index (κ1) is 15.8. The molecule has 1 fully saturated rings. The molecular formula is C16H24N3O2. The van der Waals surface area contributed by atoms with Crippen LogP contribution in [0, 0.1) is 16.0 Å². The van der Waals surface area contributed by atoms with Crippen LogP contribution in [0.4, 0.5) is 11.4 Å². The minimum atomic E-state index is -0.367. The molecular weight excluding hydrogens is 266 g/mol. The van der Waals surface area contributed by atoms with Gasteiger partial charge in [-0.15, -0.1) is 0 Å². The molecule has 21 heavy (non-hydrogen) atoms. The molecule has 1 N–H and O–H groups in total. The fourth-order valence-corrected chi connectivity index (χ4v) is 2.79. The zero-order valence-corrected chi connectivity index (χ0v) is 13.1. The van der Waals surface area contributed by atoms with Gasteiger partial charge in [0.2, 0.25) is 0 Å². The van der Waals surface area contributed by atoms with Crippen LogP contribution in [-0.4, -0.2) is 35.0 Å². The fourth-order valence-electron chi connectivity index (χ4n) is 2.79. The van der Waals surface area contributed by atoms with Crippen LogP contribution >= 0.6 is 0 Å². The molecule has 0 aliphatic carbocycles. The van der Waals surface area contributed by atoms with E-state index in [0.717, 1.165) is 38.2 Å². The van der Waals surface area contributed by atoms with Gasteiger partial charge in [0, 0.05) is 43.0 Å². The normalized spacial score (nSPS) is 18.7. The molecule has 1 aliphatic rings. The van der Waals surface area contributed by atoms with Gasteiger partial charge in [0.15, 0.2) is 0 Å². The molecule has 115 valence electrons. The van der Waals surface area contributed by atoms with Crippen molar-refractivity contribution in [1.82, 2.24) is 4.90 Å². The molecule has 0 bridgehead atoms. The largest absolute Gasteiger partial charge is 0.380 e. The maximum Gasteiger partial charge on any atom is 0.269 e. The van der Waals surface area contributed by atoms with Crippen LogP contribution < -0.4 is 5.32 Å². The number of nitro benzene ring substituents is 1. The van der Waals surface area contributed by atoms with Crippen LogP contribution in [0.2, 0.25) is 0 Å². The summed E-state index contributed by atoms with van der Waals surface area (Å²) in [6, 6.07) is 6.69. The van der Waals surface area contributed by atoms with Crippen LogP contribution in [0.15, 0.2) is 24.3 Å². The summed E-state index contributed by atoms with van der Waals surface area (Å²) in [7, 11) is 0. The van der Waals surface area contributed by atoms with E-state index in [2.05, 4.69) is 31.0 Å². The number of nitrogens with zero attached hydrogens (tertiary/aromatic N) is 2. The Hall–Kier alpha value is -1.62. The third kappa shape index (κ3) is 4.43. The number of anilines is 1. The Morgan fingerprint density at radius 1 is 1.29 bits per heavy atom. The second-order valence-corrected chi connectivity index (χ2v) is 6.47. The number of non-ortho nitro benzene ring substituents is 1. The Morgan fingerprint density at radius 3 is 2.33 bits per heavy atom. The number of hydrogen-bond acceptors (Lipinski definition) is 4. The molecule has 0 spiro atoms. The van der Waals surface area contributed by atoms with Crippen LogP contribution in [-0.2, 0) is 0 Å². The Kier molecular flexibility index (Phi) is 4.83. The van der Waals surface area contributed by atoms with E-state index in [1.54, 1.807) is 24.3 Å². The maximum atomic E-state index is 10.7. The summed E-state index contributed by atoms with van der Waals surface area (Å²) >= 11 is 0. The van der Waals surface area contributed by atoms with Gasteiger partial charge in [0.1, 0.15) is 0 Å². The van der Waals surface area contributed by atoms with Crippen molar-refractivity contribution in [2.45, 2.75) is 39.2 Å². The maximum absolute atomic E-state index is 10.7. The van der Waals surface area contributed by atoms with Gasteiger partial charge >= 0.3 is 0 Å². The average Bonchev–Trinajstić information content (AvgIpc) is 2.42. The van der Waals surface area contributed by atoms with Crippen molar-refractivity contribution in [2.75, 3.05) is 25.0 Å². The number of piperidine rings is 1. The number of nitro groups is 1. The highest BCUT2D eigenvalue weighted by molar-refractivity contribution is 5.50. The number of rotatable bonds is 5. The lowest BCUT2D eigenvalue weighted by Crippen LogP contribution is -2.47. The summed E-state index contributed by atoms with van der Waals surface area (Å²) in [5, 5.41) is 14.2. The lowest BCUT2D eigenvalue weighted by Gasteiger charge is -2.41. The second-order valence-electron chi connectivity index (χ2n) is 6.47. The van der Waals surface area contributed by atoms with E-state index in [0.29, 0.717) is 0 Å². The van der Waals surface area contributed by atoms with Gasteiger partial charge in [-0.05, 0) is 37.8 Å². The Labute approximate surface area is 126 Å². The van der Waals surface area contributed by atoms with Crippen LogP contribution in [0.3, 0.4) is 0 Å². The Balaban J connectivity index is 1.92. The third-order valence-electron chi connectivity index (χ3n) is 4.02. The van der Waals surface area contributed by atoms with E-state index in [1.807, 2.05) is 0 Å². The smallest absolute Gasteiger partial charge is 0.269 e. The summed E-state index contributed by atoms with van der Waals surface area (Å²) < 4.78 is 0. The number of benzene rings is 1. The topological polar surface area (TPSA) is 58.4 Å². The number of nitrogens with one attached hydrogen (secondary N) is 1. The minimum Gasteiger partial charge on any atom is -0.380 e. The second kappa shape index (κ2) is 6.43. The average molecular weight is 290 g/mol. The minimum absolute atomic E-state index is 0.0638.